The molecule has 2 aliphatic rings. The van der Waals surface area contributed by atoms with E-state index in [4.69, 9.17) is 0 Å². The Morgan fingerprint density at radius 3 is 2.39 bits per heavy atom. The van der Waals surface area contributed by atoms with Crippen molar-refractivity contribution in [3.8, 4) is 0 Å². The largest absolute Gasteiger partial charge is 0.322 e. The van der Waals surface area contributed by atoms with Gasteiger partial charge in [0.05, 0.1) is 21.9 Å². The van der Waals surface area contributed by atoms with E-state index in [0.29, 0.717) is 5.69 Å². The zero-order chi connectivity index (χ0) is 22.2. The minimum absolute atomic E-state index is 0.0485. The number of nitrogens with one attached hydrogen (secondary N) is 1. The minimum atomic E-state index is -3.98. The first-order valence-electron chi connectivity index (χ1n) is 9.78. The molecule has 0 aromatic heterocycles. The van der Waals surface area contributed by atoms with Gasteiger partial charge in [0, 0.05) is 25.3 Å². The fraction of sp³-hybridized carbons (Fsp3) is 0.350. The quantitative estimate of drug-likeness (QED) is 0.743. The lowest BCUT2D eigenvalue weighted by atomic mass is 10.0. The van der Waals surface area contributed by atoms with Gasteiger partial charge in [0.25, 0.3) is 0 Å². The molecule has 2 saturated heterocycles. The van der Waals surface area contributed by atoms with Crippen LogP contribution in [-0.2, 0) is 19.9 Å². The van der Waals surface area contributed by atoms with Crippen LogP contribution in [0.2, 0.25) is 0 Å². The number of sulfonamides is 1. The van der Waals surface area contributed by atoms with E-state index in [0.717, 1.165) is 28.6 Å². The fourth-order valence-electron chi connectivity index (χ4n) is 4.07. The molecule has 2 unspecified atom stereocenters. The first-order chi connectivity index (χ1) is 14.7. The van der Waals surface area contributed by atoms with Crippen molar-refractivity contribution in [1.82, 2.24) is 9.21 Å². The maximum Gasteiger partial charge on any atom is 0.322 e. The minimum Gasteiger partial charge on any atom is -0.319 e. The molecular weight excluding hydrogens is 445 g/mol. The summed E-state index contributed by atoms with van der Waals surface area (Å²) in [6.45, 7) is -0.139. The number of carbonyl (C=O) groups is 1. The fourth-order valence-corrected chi connectivity index (χ4v) is 7.57. The van der Waals surface area contributed by atoms with Crippen LogP contribution < -0.4 is 5.32 Å². The summed E-state index contributed by atoms with van der Waals surface area (Å²) in [7, 11) is -7.58. The Labute approximate surface area is 180 Å². The van der Waals surface area contributed by atoms with E-state index in [9.17, 15) is 26.0 Å². The molecule has 2 aromatic rings. The predicted octanol–water partition coefficient (Wildman–Crippen LogP) is 1.92. The summed E-state index contributed by atoms with van der Waals surface area (Å²) in [6, 6.07) is 12.2. The molecule has 2 atom stereocenters. The normalized spacial score (nSPS) is 23.7. The van der Waals surface area contributed by atoms with E-state index in [1.165, 1.54) is 4.90 Å². The number of benzene rings is 2. The van der Waals surface area contributed by atoms with Crippen molar-refractivity contribution in [2.24, 2.45) is 0 Å². The monoisotopic (exact) mass is 467 g/mol. The third kappa shape index (κ3) is 4.30. The van der Waals surface area contributed by atoms with E-state index in [1.54, 1.807) is 24.3 Å². The van der Waals surface area contributed by atoms with Gasteiger partial charge < -0.3 is 10.2 Å². The number of sulfone groups is 1. The third-order valence-electron chi connectivity index (χ3n) is 5.70. The Kier molecular flexibility index (Phi) is 5.75. The van der Waals surface area contributed by atoms with E-state index in [2.05, 4.69) is 5.32 Å². The molecule has 0 bridgehead atoms. The summed E-state index contributed by atoms with van der Waals surface area (Å²) in [6.07, 6.45) is 0.187. The number of urea groups is 1. The molecule has 0 radical (unpaired) electrons. The van der Waals surface area contributed by atoms with E-state index in [1.807, 2.05) is 6.07 Å². The molecule has 4 rings (SSSR count). The lowest BCUT2D eigenvalue weighted by molar-refractivity contribution is 0.155. The molecule has 31 heavy (non-hydrogen) atoms. The first kappa shape index (κ1) is 21.7. The van der Waals surface area contributed by atoms with Gasteiger partial charge in [-0.1, -0.05) is 18.2 Å². The van der Waals surface area contributed by atoms with Crippen LogP contribution >= 0.6 is 0 Å². The summed E-state index contributed by atoms with van der Waals surface area (Å²) in [4.78, 5) is 14.2. The molecule has 8 nitrogen and oxygen atoms in total. The number of amides is 2. The van der Waals surface area contributed by atoms with Gasteiger partial charge in [0.1, 0.15) is 5.82 Å². The molecule has 11 heteroatoms. The summed E-state index contributed by atoms with van der Waals surface area (Å²) in [5.41, 5.74) is 0.591. The second-order valence-electron chi connectivity index (χ2n) is 7.57. The average molecular weight is 468 g/mol. The van der Waals surface area contributed by atoms with Crippen LogP contribution in [0.3, 0.4) is 0 Å². The molecular formula is C20H22FN3O5S2. The van der Waals surface area contributed by atoms with E-state index < -0.39 is 43.0 Å². The van der Waals surface area contributed by atoms with Gasteiger partial charge in [-0.3, -0.25) is 0 Å². The highest BCUT2D eigenvalue weighted by Crippen LogP contribution is 2.31. The number of anilines is 1. The van der Waals surface area contributed by atoms with Gasteiger partial charge in [0.15, 0.2) is 9.84 Å². The number of halogens is 1. The Morgan fingerprint density at radius 1 is 1.03 bits per heavy atom. The first-order valence-corrected chi connectivity index (χ1v) is 12.9. The van der Waals surface area contributed by atoms with Gasteiger partial charge in [0.2, 0.25) is 10.0 Å². The number of nitrogens with zero attached hydrogens (tertiary/aromatic N) is 2. The van der Waals surface area contributed by atoms with Crippen molar-refractivity contribution in [2.75, 3.05) is 30.7 Å². The van der Waals surface area contributed by atoms with Crippen molar-refractivity contribution in [3.05, 3.63) is 60.4 Å². The molecule has 0 aliphatic carbocycles. The summed E-state index contributed by atoms with van der Waals surface area (Å²) in [5.74, 6) is -0.798. The van der Waals surface area contributed by atoms with Crippen LogP contribution in [0, 0.1) is 5.82 Å². The molecule has 2 heterocycles. The maximum absolute atomic E-state index is 13.2. The van der Waals surface area contributed by atoms with E-state index >= 15 is 0 Å². The Balaban J connectivity index is 1.56. The van der Waals surface area contributed by atoms with Gasteiger partial charge >= 0.3 is 6.03 Å². The Hall–Kier alpha value is -2.50. The number of fused-ring (bicyclic) bond motifs is 1. The van der Waals surface area contributed by atoms with E-state index in [-0.39, 0.29) is 36.7 Å². The number of carbonyl (C=O) groups excluding carboxylic acids is 1. The van der Waals surface area contributed by atoms with Gasteiger partial charge in [-0.15, -0.1) is 0 Å². The van der Waals surface area contributed by atoms with Crippen molar-refractivity contribution in [3.63, 3.8) is 0 Å². The standard InChI is InChI=1S/C20H22FN3O5S2/c21-15-6-8-17(9-7-15)31(28,29)23-11-10-18-19(14-23)30(26,27)13-12-24(18)20(25)22-16-4-2-1-3-5-16/h1-9,18-19H,10-14H2,(H,22,25). The topological polar surface area (TPSA) is 104 Å². The lowest BCUT2D eigenvalue weighted by Crippen LogP contribution is -2.64. The van der Waals surface area contributed by atoms with Crippen molar-refractivity contribution in [2.45, 2.75) is 22.6 Å². The van der Waals surface area contributed by atoms with Crippen LogP contribution in [0.15, 0.2) is 59.5 Å². The third-order valence-corrected chi connectivity index (χ3v) is 9.72. The summed E-state index contributed by atoms with van der Waals surface area (Å²) >= 11 is 0. The molecule has 2 amide bonds. The smallest absolute Gasteiger partial charge is 0.319 e. The number of hydrogen-bond acceptors (Lipinski definition) is 5. The highest BCUT2D eigenvalue weighted by molar-refractivity contribution is 7.92. The second kappa shape index (κ2) is 8.21. The molecule has 166 valence electrons. The highest BCUT2D eigenvalue weighted by atomic mass is 32.2. The van der Waals surface area contributed by atoms with Crippen LogP contribution in [0.1, 0.15) is 6.42 Å². The molecule has 0 saturated carbocycles. The molecule has 0 spiro atoms. The lowest BCUT2D eigenvalue weighted by Gasteiger charge is -2.45. The van der Waals surface area contributed by atoms with Crippen LogP contribution in [0.5, 0.6) is 0 Å². The van der Waals surface area contributed by atoms with Crippen molar-refractivity contribution in [1.29, 1.82) is 0 Å². The number of piperidine rings is 1. The zero-order valence-electron chi connectivity index (χ0n) is 16.5. The van der Waals surface area contributed by atoms with Crippen molar-refractivity contribution < 1.29 is 26.0 Å². The second-order valence-corrected chi connectivity index (χ2v) is 11.8. The Morgan fingerprint density at radius 2 is 1.71 bits per heavy atom. The number of rotatable bonds is 3. The van der Waals surface area contributed by atoms with Gasteiger partial charge in [-0.2, -0.15) is 4.31 Å². The molecule has 1 N–H and O–H groups in total. The van der Waals surface area contributed by atoms with Crippen molar-refractivity contribution >= 4 is 31.6 Å². The average Bonchev–Trinajstić information content (AvgIpc) is 2.74. The zero-order valence-corrected chi connectivity index (χ0v) is 18.1. The summed E-state index contributed by atoms with van der Waals surface area (Å²) in [5, 5.41) is 1.75. The molecule has 2 aliphatic heterocycles. The predicted molar refractivity (Wildman–Crippen MR) is 113 cm³/mol. The Bertz CT molecular complexity index is 1170. The van der Waals surface area contributed by atoms with Gasteiger partial charge in [-0.25, -0.2) is 26.0 Å². The molecule has 2 fully saturated rings. The SMILES string of the molecule is O=C(Nc1ccccc1)N1CCS(=O)(=O)C2CN(S(=O)(=O)c3ccc(F)cc3)CCC21. The summed E-state index contributed by atoms with van der Waals surface area (Å²) < 4.78 is 65.7. The van der Waals surface area contributed by atoms with Crippen LogP contribution in [-0.4, -0.2) is 68.8 Å². The highest BCUT2D eigenvalue weighted by Gasteiger charge is 2.48. The number of para-hydroxylation sites is 1. The van der Waals surface area contributed by atoms with Crippen LogP contribution in [0.4, 0.5) is 14.9 Å². The van der Waals surface area contributed by atoms with Gasteiger partial charge in [-0.05, 0) is 42.8 Å². The maximum atomic E-state index is 13.2. The van der Waals surface area contributed by atoms with Crippen LogP contribution in [0.25, 0.3) is 0 Å². The number of hydrogen-bond donors (Lipinski definition) is 1. The molecule has 2 aromatic carbocycles.